The first-order chi connectivity index (χ1) is 13.6. The summed E-state index contributed by atoms with van der Waals surface area (Å²) < 4.78 is 0. The fourth-order valence-corrected chi connectivity index (χ4v) is 5.00. The zero-order valence-electron chi connectivity index (χ0n) is 17.7. The zero-order valence-corrected chi connectivity index (χ0v) is 20.1. The highest BCUT2D eigenvalue weighted by Gasteiger charge is 2.39. The molecule has 0 spiro atoms. The first-order valence-corrected chi connectivity index (χ1v) is 12.0. The highest BCUT2D eigenvalue weighted by molar-refractivity contribution is 8.13. The van der Waals surface area contributed by atoms with Gasteiger partial charge in [0.1, 0.15) is 0 Å². The zero-order chi connectivity index (χ0) is 21.6. The lowest BCUT2D eigenvalue weighted by molar-refractivity contribution is -0.128. The Morgan fingerprint density at radius 1 is 1.07 bits per heavy atom. The Kier molecular flexibility index (Phi) is 9.17. The van der Waals surface area contributed by atoms with Gasteiger partial charge in [-0.3, -0.25) is 9.59 Å². The molecule has 1 fully saturated rings. The summed E-state index contributed by atoms with van der Waals surface area (Å²) in [5, 5.41) is 6.45. The van der Waals surface area contributed by atoms with Gasteiger partial charge in [0.25, 0.3) is 5.24 Å². The molecule has 0 atom stereocenters. The Labute approximate surface area is 188 Å². The van der Waals surface area contributed by atoms with Crippen molar-refractivity contribution in [2.75, 3.05) is 5.32 Å². The number of hydrogen-bond donors (Lipinski definition) is 2. The van der Waals surface area contributed by atoms with Gasteiger partial charge in [0.15, 0.2) is 0 Å². The Bertz CT molecular complexity index is 732. The first-order valence-electron chi connectivity index (χ1n) is 10.4. The maximum absolute atomic E-state index is 13.4. The van der Waals surface area contributed by atoms with E-state index in [9.17, 15) is 9.59 Å². The van der Waals surface area contributed by atoms with E-state index in [2.05, 4.69) is 24.5 Å². The van der Waals surface area contributed by atoms with Crippen LogP contribution < -0.4 is 10.6 Å². The smallest absolute Gasteiger partial charge is 0.284 e. The highest BCUT2D eigenvalue weighted by atomic mass is 35.5. The van der Waals surface area contributed by atoms with Crippen molar-refractivity contribution < 1.29 is 9.59 Å². The number of anilines is 1. The maximum atomic E-state index is 13.4. The van der Waals surface area contributed by atoms with Gasteiger partial charge in [0, 0.05) is 16.4 Å². The first kappa shape index (κ1) is 24.4. The van der Waals surface area contributed by atoms with Crippen LogP contribution in [0.2, 0.25) is 10.0 Å². The number of amides is 2. The van der Waals surface area contributed by atoms with Gasteiger partial charge < -0.3 is 10.6 Å². The van der Waals surface area contributed by atoms with Crippen LogP contribution in [0.5, 0.6) is 0 Å². The molecule has 0 bridgehead atoms. The lowest BCUT2D eigenvalue weighted by atomic mass is 9.69. The molecule has 0 heterocycles. The molecule has 2 rings (SSSR count). The second kappa shape index (κ2) is 10.9. The van der Waals surface area contributed by atoms with E-state index >= 15 is 0 Å². The molecule has 2 N–H and O–H groups in total. The average molecular weight is 459 g/mol. The van der Waals surface area contributed by atoms with Crippen molar-refractivity contribution in [3.63, 3.8) is 0 Å². The van der Waals surface area contributed by atoms with Gasteiger partial charge in [0.2, 0.25) is 5.91 Å². The number of rotatable bonds is 7. The fraction of sp³-hybridized carbons (Fsp3) is 0.636. The van der Waals surface area contributed by atoms with Gasteiger partial charge in [-0.25, -0.2) is 0 Å². The molecule has 0 radical (unpaired) electrons. The molecule has 1 saturated carbocycles. The Balaban J connectivity index is 2.26. The number of halogens is 2. The minimum Gasteiger partial charge on any atom is -0.345 e. The van der Waals surface area contributed by atoms with Crippen molar-refractivity contribution in [3.05, 3.63) is 22.2 Å². The third kappa shape index (κ3) is 7.08. The van der Waals surface area contributed by atoms with Crippen molar-refractivity contribution in [1.82, 2.24) is 5.32 Å². The summed E-state index contributed by atoms with van der Waals surface area (Å²) in [6, 6.07) is 3.31. The van der Waals surface area contributed by atoms with E-state index in [0.29, 0.717) is 26.5 Å². The van der Waals surface area contributed by atoms with Gasteiger partial charge in [-0.2, -0.15) is 0 Å². The normalized spacial score (nSPS) is 16.1. The number of carbonyl (C=O) groups excluding carboxylic acids is 2. The lowest BCUT2D eigenvalue weighted by Gasteiger charge is -2.36. The SMILES string of the molecule is CC(C)CCC1(C(=O)Nc2cc(Cl)c(Cl)cc2SC(=O)NC(C)C)CCCCC1. The molecular weight excluding hydrogens is 427 g/mol. The number of benzene rings is 1. The number of thioether (sulfide) groups is 1. The summed E-state index contributed by atoms with van der Waals surface area (Å²) in [6.07, 6.45) is 7.05. The van der Waals surface area contributed by atoms with E-state index in [1.54, 1.807) is 12.1 Å². The fourth-order valence-electron chi connectivity index (χ4n) is 3.71. The van der Waals surface area contributed by atoms with Crippen LogP contribution in [-0.2, 0) is 4.79 Å². The van der Waals surface area contributed by atoms with Crippen LogP contribution in [0.1, 0.15) is 72.6 Å². The monoisotopic (exact) mass is 458 g/mol. The van der Waals surface area contributed by atoms with E-state index in [1.165, 1.54) is 6.42 Å². The molecule has 2 amide bonds. The van der Waals surface area contributed by atoms with Crippen molar-refractivity contribution in [2.24, 2.45) is 11.3 Å². The van der Waals surface area contributed by atoms with Crippen molar-refractivity contribution in [2.45, 2.75) is 83.6 Å². The number of carbonyl (C=O) groups is 2. The second-order valence-electron chi connectivity index (χ2n) is 8.68. The summed E-state index contributed by atoms with van der Waals surface area (Å²) >= 11 is 13.4. The molecule has 0 aliphatic heterocycles. The standard InChI is InChI=1S/C22H32Cl2N2O2S/c1-14(2)8-11-22(9-6-5-7-10-22)20(27)26-18-12-16(23)17(24)13-19(18)29-21(28)25-15(3)4/h12-15H,5-11H2,1-4H3,(H,25,28)(H,26,27). The minimum absolute atomic E-state index is 0.0253. The third-order valence-electron chi connectivity index (χ3n) is 5.37. The average Bonchev–Trinajstić information content (AvgIpc) is 2.64. The summed E-state index contributed by atoms with van der Waals surface area (Å²) in [7, 11) is 0. The van der Waals surface area contributed by atoms with Crippen LogP contribution in [-0.4, -0.2) is 17.2 Å². The number of nitrogens with one attached hydrogen (secondary N) is 2. The van der Waals surface area contributed by atoms with Gasteiger partial charge >= 0.3 is 0 Å². The van der Waals surface area contributed by atoms with Crippen LogP contribution in [0.3, 0.4) is 0 Å². The second-order valence-corrected chi connectivity index (χ2v) is 10.5. The van der Waals surface area contributed by atoms with Crippen LogP contribution >= 0.6 is 35.0 Å². The Morgan fingerprint density at radius 3 is 2.28 bits per heavy atom. The molecule has 162 valence electrons. The molecule has 0 unspecified atom stereocenters. The third-order valence-corrected chi connectivity index (χ3v) is 6.96. The number of hydrogen-bond acceptors (Lipinski definition) is 3. The lowest BCUT2D eigenvalue weighted by Crippen LogP contribution is -2.38. The minimum atomic E-state index is -0.350. The van der Waals surface area contributed by atoms with Crippen LogP contribution in [0.15, 0.2) is 17.0 Å². The molecule has 7 heteroatoms. The topological polar surface area (TPSA) is 58.2 Å². The molecule has 0 aromatic heterocycles. The molecular formula is C22H32Cl2N2O2S. The molecule has 1 aromatic carbocycles. The van der Waals surface area contributed by atoms with Gasteiger partial charge in [-0.05, 0) is 69.3 Å². The molecule has 4 nitrogen and oxygen atoms in total. The predicted octanol–water partition coefficient (Wildman–Crippen LogP) is 7.53. The van der Waals surface area contributed by atoms with Crippen molar-refractivity contribution in [3.8, 4) is 0 Å². The molecule has 29 heavy (non-hydrogen) atoms. The van der Waals surface area contributed by atoms with Crippen molar-refractivity contribution >= 4 is 51.8 Å². The van der Waals surface area contributed by atoms with E-state index in [0.717, 1.165) is 50.3 Å². The van der Waals surface area contributed by atoms with E-state index in [1.807, 2.05) is 13.8 Å². The molecule has 1 aliphatic rings. The summed E-state index contributed by atoms with van der Waals surface area (Å²) in [5.41, 5.74) is 0.194. The van der Waals surface area contributed by atoms with Gasteiger partial charge in [-0.1, -0.05) is 56.3 Å². The van der Waals surface area contributed by atoms with Crippen LogP contribution in [0, 0.1) is 11.3 Å². The van der Waals surface area contributed by atoms with Gasteiger partial charge in [-0.15, -0.1) is 0 Å². The van der Waals surface area contributed by atoms with E-state index in [-0.39, 0.29) is 22.6 Å². The van der Waals surface area contributed by atoms with Crippen molar-refractivity contribution in [1.29, 1.82) is 0 Å². The Morgan fingerprint density at radius 2 is 1.69 bits per heavy atom. The van der Waals surface area contributed by atoms with E-state index in [4.69, 9.17) is 23.2 Å². The molecule has 0 saturated heterocycles. The molecule has 1 aromatic rings. The Hall–Kier alpha value is -0.910. The van der Waals surface area contributed by atoms with Crippen LogP contribution in [0.25, 0.3) is 0 Å². The van der Waals surface area contributed by atoms with Gasteiger partial charge in [0.05, 0.1) is 15.7 Å². The quantitative estimate of drug-likeness (QED) is 0.415. The largest absolute Gasteiger partial charge is 0.345 e. The van der Waals surface area contributed by atoms with Crippen LogP contribution in [0.4, 0.5) is 10.5 Å². The predicted molar refractivity (Wildman–Crippen MR) is 124 cm³/mol. The molecule has 1 aliphatic carbocycles. The summed E-state index contributed by atoms with van der Waals surface area (Å²) in [4.78, 5) is 26.3. The summed E-state index contributed by atoms with van der Waals surface area (Å²) in [6.45, 7) is 8.18. The maximum Gasteiger partial charge on any atom is 0.284 e. The summed E-state index contributed by atoms with van der Waals surface area (Å²) in [5.74, 6) is 0.583. The highest BCUT2D eigenvalue weighted by Crippen LogP contribution is 2.43. The van der Waals surface area contributed by atoms with E-state index < -0.39 is 0 Å².